The third-order valence-electron chi connectivity index (χ3n) is 3.98. The first-order chi connectivity index (χ1) is 12.1. The lowest BCUT2D eigenvalue weighted by atomic mass is 10.0. The molecule has 3 heteroatoms. The van der Waals surface area contributed by atoms with Gasteiger partial charge in [0.1, 0.15) is 0 Å². The zero-order valence-electron chi connectivity index (χ0n) is 14.0. The number of Topliss-reactive ketones (excluding diaryl/α,β-unsaturated/α-hetero) is 1. The van der Waals surface area contributed by atoms with Crippen molar-refractivity contribution in [3.8, 4) is 11.1 Å². The van der Waals surface area contributed by atoms with Gasteiger partial charge in [-0.3, -0.25) is 9.59 Å². The molecule has 1 N–H and O–H groups in total. The zero-order valence-corrected chi connectivity index (χ0v) is 14.0. The third kappa shape index (κ3) is 4.42. The monoisotopic (exact) mass is 329 g/mol. The van der Waals surface area contributed by atoms with Crippen molar-refractivity contribution in [2.75, 3.05) is 5.32 Å². The van der Waals surface area contributed by atoms with Gasteiger partial charge in [-0.05, 0) is 35.7 Å². The first kappa shape index (κ1) is 16.7. The third-order valence-corrected chi connectivity index (χ3v) is 3.98. The van der Waals surface area contributed by atoms with Gasteiger partial charge < -0.3 is 5.32 Å². The Morgan fingerprint density at radius 2 is 1.48 bits per heavy atom. The summed E-state index contributed by atoms with van der Waals surface area (Å²) in [5, 5.41) is 2.84. The summed E-state index contributed by atoms with van der Waals surface area (Å²) in [7, 11) is 0. The highest BCUT2D eigenvalue weighted by atomic mass is 16.1. The molecule has 0 heterocycles. The maximum absolute atomic E-state index is 12.2. The minimum Gasteiger partial charge on any atom is -0.326 e. The SMILES string of the molecule is CC(=O)c1cccc(NC(=O)Cc2ccc(-c3ccccc3)cc2)c1. The van der Waals surface area contributed by atoms with Crippen molar-refractivity contribution in [2.24, 2.45) is 0 Å². The van der Waals surface area contributed by atoms with Crippen molar-refractivity contribution in [1.29, 1.82) is 0 Å². The molecule has 0 bridgehead atoms. The standard InChI is InChI=1S/C22H19NO2/c1-16(24)20-8-5-9-21(15-20)23-22(25)14-17-10-12-19(13-11-17)18-6-3-2-4-7-18/h2-13,15H,14H2,1H3,(H,23,25). The Labute approximate surface area is 147 Å². The van der Waals surface area contributed by atoms with E-state index in [1.165, 1.54) is 6.92 Å². The first-order valence-electron chi connectivity index (χ1n) is 8.17. The van der Waals surface area contributed by atoms with E-state index >= 15 is 0 Å². The normalized spacial score (nSPS) is 10.3. The van der Waals surface area contributed by atoms with Crippen molar-refractivity contribution in [1.82, 2.24) is 0 Å². The second-order valence-corrected chi connectivity index (χ2v) is 5.92. The smallest absolute Gasteiger partial charge is 0.228 e. The highest BCUT2D eigenvalue weighted by Crippen LogP contribution is 2.19. The lowest BCUT2D eigenvalue weighted by Gasteiger charge is -2.07. The van der Waals surface area contributed by atoms with Crippen LogP contribution in [0.25, 0.3) is 11.1 Å². The van der Waals surface area contributed by atoms with E-state index in [4.69, 9.17) is 0 Å². The molecule has 0 fully saturated rings. The number of nitrogens with one attached hydrogen (secondary N) is 1. The molecule has 3 nitrogen and oxygen atoms in total. The van der Waals surface area contributed by atoms with E-state index in [1.807, 2.05) is 42.5 Å². The summed E-state index contributed by atoms with van der Waals surface area (Å²) in [5.41, 5.74) is 4.45. The van der Waals surface area contributed by atoms with Crippen LogP contribution in [0, 0.1) is 0 Å². The molecule has 0 aliphatic heterocycles. The molecule has 0 atom stereocenters. The van der Waals surface area contributed by atoms with E-state index in [0.29, 0.717) is 17.7 Å². The van der Waals surface area contributed by atoms with Crippen molar-refractivity contribution in [3.05, 3.63) is 90.0 Å². The maximum Gasteiger partial charge on any atom is 0.228 e. The van der Waals surface area contributed by atoms with Crippen LogP contribution in [0.3, 0.4) is 0 Å². The van der Waals surface area contributed by atoms with E-state index in [-0.39, 0.29) is 11.7 Å². The summed E-state index contributed by atoms with van der Waals surface area (Å²) in [6.07, 6.45) is 0.291. The fourth-order valence-electron chi connectivity index (χ4n) is 2.65. The lowest BCUT2D eigenvalue weighted by molar-refractivity contribution is -0.115. The summed E-state index contributed by atoms with van der Waals surface area (Å²) >= 11 is 0. The van der Waals surface area contributed by atoms with E-state index in [2.05, 4.69) is 17.4 Å². The fourth-order valence-corrected chi connectivity index (χ4v) is 2.65. The molecule has 0 saturated heterocycles. The quantitative estimate of drug-likeness (QED) is 0.687. The molecular weight excluding hydrogens is 310 g/mol. The van der Waals surface area contributed by atoms with Gasteiger partial charge in [0.25, 0.3) is 0 Å². The predicted octanol–water partition coefficient (Wildman–Crippen LogP) is 4.74. The van der Waals surface area contributed by atoms with Gasteiger partial charge in [0.05, 0.1) is 6.42 Å². The highest BCUT2D eigenvalue weighted by molar-refractivity contribution is 5.97. The first-order valence-corrected chi connectivity index (χ1v) is 8.17. The maximum atomic E-state index is 12.2. The lowest BCUT2D eigenvalue weighted by Crippen LogP contribution is -2.14. The molecule has 0 aromatic heterocycles. The highest BCUT2D eigenvalue weighted by Gasteiger charge is 2.06. The molecule has 0 saturated carbocycles. The molecule has 0 aliphatic carbocycles. The number of rotatable bonds is 5. The molecule has 0 unspecified atom stereocenters. The number of amides is 1. The molecule has 3 aromatic rings. The van der Waals surface area contributed by atoms with Crippen LogP contribution < -0.4 is 5.32 Å². The number of anilines is 1. The summed E-state index contributed by atoms with van der Waals surface area (Å²) in [5.74, 6) is -0.124. The van der Waals surface area contributed by atoms with Crippen molar-refractivity contribution < 1.29 is 9.59 Å². The Hall–Kier alpha value is -3.20. The number of hydrogen-bond donors (Lipinski definition) is 1. The molecular formula is C22H19NO2. The van der Waals surface area contributed by atoms with Crippen LogP contribution in [0.5, 0.6) is 0 Å². The largest absolute Gasteiger partial charge is 0.326 e. The van der Waals surface area contributed by atoms with E-state index in [0.717, 1.165) is 16.7 Å². The summed E-state index contributed by atoms with van der Waals surface area (Å²) in [6, 6.07) is 25.1. The van der Waals surface area contributed by atoms with Gasteiger partial charge >= 0.3 is 0 Å². The Balaban J connectivity index is 1.65. The van der Waals surface area contributed by atoms with Gasteiger partial charge in [-0.15, -0.1) is 0 Å². The van der Waals surface area contributed by atoms with Gasteiger partial charge in [0.15, 0.2) is 5.78 Å². The summed E-state index contributed by atoms with van der Waals surface area (Å²) in [4.78, 5) is 23.6. The van der Waals surface area contributed by atoms with Crippen LogP contribution in [0.2, 0.25) is 0 Å². The van der Waals surface area contributed by atoms with E-state index in [1.54, 1.807) is 24.3 Å². The average Bonchev–Trinajstić information content (AvgIpc) is 2.63. The molecule has 124 valence electrons. The van der Waals surface area contributed by atoms with Crippen LogP contribution in [0.1, 0.15) is 22.8 Å². The van der Waals surface area contributed by atoms with Crippen LogP contribution in [0.4, 0.5) is 5.69 Å². The van der Waals surface area contributed by atoms with Crippen LogP contribution >= 0.6 is 0 Å². The molecule has 25 heavy (non-hydrogen) atoms. The van der Waals surface area contributed by atoms with Crippen LogP contribution in [-0.2, 0) is 11.2 Å². The second-order valence-electron chi connectivity index (χ2n) is 5.92. The number of benzene rings is 3. The van der Waals surface area contributed by atoms with Crippen molar-refractivity contribution >= 4 is 17.4 Å². The molecule has 0 radical (unpaired) electrons. The zero-order chi connectivity index (χ0) is 17.6. The van der Waals surface area contributed by atoms with Gasteiger partial charge in [-0.25, -0.2) is 0 Å². The minimum atomic E-state index is -0.104. The minimum absolute atomic E-state index is 0.0207. The molecule has 0 aliphatic rings. The second kappa shape index (κ2) is 7.58. The predicted molar refractivity (Wildman–Crippen MR) is 101 cm³/mol. The Kier molecular flexibility index (Phi) is 5.05. The number of carbonyl (C=O) groups excluding carboxylic acids is 2. The van der Waals surface area contributed by atoms with Gasteiger partial charge in [-0.2, -0.15) is 0 Å². The van der Waals surface area contributed by atoms with Crippen LogP contribution in [-0.4, -0.2) is 11.7 Å². The fraction of sp³-hybridized carbons (Fsp3) is 0.0909. The van der Waals surface area contributed by atoms with Crippen molar-refractivity contribution in [2.45, 2.75) is 13.3 Å². The topological polar surface area (TPSA) is 46.2 Å². The summed E-state index contributed by atoms with van der Waals surface area (Å²) in [6.45, 7) is 1.51. The molecule has 3 rings (SSSR count). The van der Waals surface area contributed by atoms with Gasteiger partial charge in [-0.1, -0.05) is 66.7 Å². The van der Waals surface area contributed by atoms with Gasteiger partial charge in [0, 0.05) is 11.3 Å². The molecule has 0 spiro atoms. The summed E-state index contributed by atoms with van der Waals surface area (Å²) < 4.78 is 0. The molecule has 3 aromatic carbocycles. The van der Waals surface area contributed by atoms with E-state index in [9.17, 15) is 9.59 Å². The Bertz CT molecular complexity index is 883. The van der Waals surface area contributed by atoms with E-state index < -0.39 is 0 Å². The molecule has 1 amide bonds. The number of carbonyl (C=O) groups is 2. The number of ketones is 1. The Morgan fingerprint density at radius 3 is 2.16 bits per heavy atom. The van der Waals surface area contributed by atoms with Gasteiger partial charge in [0.2, 0.25) is 5.91 Å². The average molecular weight is 329 g/mol. The van der Waals surface area contributed by atoms with Crippen LogP contribution in [0.15, 0.2) is 78.9 Å². The Morgan fingerprint density at radius 1 is 0.800 bits per heavy atom. The number of hydrogen-bond acceptors (Lipinski definition) is 2. The van der Waals surface area contributed by atoms with Crippen molar-refractivity contribution in [3.63, 3.8) is 0 Å².